The number of isocyanates is 3. The second kappa shape index (κ2) is 9.42. The fourth-order valence-electron chi connectivity index (χ4n) is 6.30. The Morgan fingerprint density at radius 2 is 0.650 bits per heavy atom. The molecule has 0 aromatic heterocycles. The van der Waals surface area contributed by atoms with Crippen LogP contribution >= 0.6 is 0 Å². The lowest BCUT2D eigenvalue weighted by molar-refractivity contribution is -0.366. The third-order valence-electron chi connectivity index (χ3n) is 8.20. The van der Waals surface area contributed by atoms with Crippen molar-refractivity contribution in [2.75, 3.05) is 0 Å². The van der Waals surface area contributed by atoms with Crippen LogP contribution in [0, 0.1) is 5.92 Å². The van der Waals surface area contributed by atoms with Gasteiger partial charge in [0.25, 0.3) is 17.4 Å². The fourth-order valence-corrected chi connectivity index (χ4v) is 6.30. The first-order valence-corrected chi connectivity index (χ1v) is 11.7. The predicted molar refractivity (Wildman–Crippen MR) is 107 cm³/mol. The molecule has 3 aliphatic rings. The van der Waals surface area contributed by atoms with Crippen LogP contribution in [-0.4, -0.2) is 70.4 Å². The Bertz CT molecular complexity index is 1050. The van der Waals surface area contributed by atoms with Gasteiger partial charge in [0.2, 0.25) is 18.2 Å². The lowest BCUT2D eigenvalue weighted by atomic mass is 9.53. The highest BCUT2D eigenvalue weighted by molar-refractivity contribution is 5.39. The van der Waals surface area contributed by atoms with E-state index in [-0.39, 0.29) is 0 Å². The number of hydrogen-bond donors (Lipinski definition) is 0. The molecule has 18 heteroatoms. The maximum Gasteiger partial charge on any atom is 0.335 e. The SMILES string of the molecule is O=C=NC1(F)CCCC(F)(C(C2(F)CCCC(F)(N=C=O)C2(F)F)C2(F)CCCC(F)(N=C=O)C2(F)F)C1(F)F. The second-order valence-corrected chi connectivity index (χ2v) is 10.2. The summed E-state index contributed by atoms with van der Waals surface area (Å²) in [5, 5.41) is 0. The molecule has 0 radical (unpaired) electrons. The van der Waals surface area contributed by atoms with Gasteiger partial charge in [-0.2, -0.15) is 41.3 Å². The Labute approximate surface area is 217 Å². The third-order valence-corrected chi connectivity index (χ3v) is 8.20. The van der Waals surface area contributed by atoms with E-state index in [1.807, 2.05) is 0 Å². The van der Waals surface area contributed by atoms with Gasteiger partial charge < -0.3 is 0 Å². The minimum absolute atomic E-state index is 0.314. The van der Waals surface area contributed by atoms with Crippen LogP contribution in [0.4, 0.5) is 52.7 Å². The third kappa shape index (κ3) is 3.75. The van der Waals surface area contributed by atoms with Crippen LogP contribution in [0.2, 0.25) is 0 Å². The van der Waals surface area contributed by atoms with Crippen molar-refractivity contribution in [1.82, 2.24) is 0 Å². The standard InChI is InChI=1S/C22H19F12N3O3/c23-14(4-1-7-17(26,35-10-38)20(14,29)30)13(15(24)5-2-8-18(27,36-11-39)21(15,31)32)16(25)6-3-9-19(28,37-12-40)22(16,33)34/h13H,1-9H2. The second-order valence-electron chi connectivity index (χ2n) is 10.2. The van der Waals surface area contributed by atoms with Crippen molar-refractivity contribution < 1.29 is 67.1 Å². The van der Waals surface area contributed by atoms with Gasteiger partial charge in [-0.05, 0) is 38.5 Å². The van der Waals surface area contributed by atoms with E-state index in [1.165, 1.54) is 0 Å². The van der Waals surface area contributed by atoms with Crippen molar-refractivity contribution in [3.05, 3.63) is 0 Å². The first-order chi connectivity index (χ1) is 18.2. The molecule has 3 saturated carbocycles. The molecule has 0 amide bonds. The summed E-state index contributed by atoms with van der Waals surface area (Å²) in [5.74, 6) is -37.4. The number of carbonyl (C=O) groups excluding carboxylic acids is 3. The van der Waals surface area contributed by atoms with E-state index in [2.05, 4.69) is 15.0 Å². The topological polar surface area (TPSA) is 88.3 Å². The Morgan fingerprint density at radius 1 is 0.425 bits per heavy atom. The summed E-state index contributed by atoms with van der Waals surface area (Å²) in [6.07, 6.45) is -13.7. The van der Waals surface area contributed by atoms with Gasteiger partial charge in [0.1, 0.15) is 0 Å². The smallest absolute Gasteiger partial charge is 0.236 e. The van der Waals surface area contributed by atoms with Crippen LogP contribution in [0.25, 0.3) is 0 Å². The van der Waals surface area contributed by atoms with Crippen LogP contribution in [0.15, 0.2) is 15.0 Å². The quantitative estimate of drug-likeness (QED) is 0.158. The van der Waals surface area contributed by atoms with Gasteiger partial charge in [0.05, 0.1) is 5.92 Å². The molecule has 0 spiro atoms. The molecule has 3 aliphatic carbocycles. The molecule has 3 rings (SSSR count). The minimum atomic E-state index is -6.07. The van der Waals surface area contributed by atoms with Gasteiger partial charge in [-0.3, -0.25) is 0 Å². The first kappa shape index (κ1) is 31.8. The van der Waals surface area contributed by atoms with Crippen molar-refractivity contribution in [3.8, 4) is 0 Å². The van der Waals surface area contributed by atoms with Crippen LogP contribution in [-0.2, 0) is 14.4 Å². The molecule has 0 bridgehead atoms. The number of rotatable bonds is 6. The van der Waals surface area contributed by atoms with Gasteiger partial charge in [-0.25, -0.2) is 40.7 Å². The van der Waals surface area contributed by atoms with Crippen molar-refractivity contribution in [2.24, 2.45) is 20.9 Å². The zero-order valence-corrected chi connectivity index (χ0v) is 20.0. The molecule has 0 saturated heterocycles. The van der Waals surface area contributed by atoms with Crippen LogP contribution in [0.3, 0.4) is 0 Å². The summed E-state index contributed by atoms with van der Waals surface area (Å²) in [4.78, 5) is 38.2. The van der Waals surface area contributed by atoms with Crippen molar-refractivity contribution in [1.29, 1.82) is 0 Å². The maximum absolute atomic E-state index is 16.7. The van der Waals surface area contributed by atoms with E-state index < -0.39 is 116 Å². The average molecular weight is 601 g/mol. The van der Waals surface area contributed by atoms with Gasteiger partial charge in [-0.1, -0.05) is 0 Å². The number of alkyl halides is 12. The summed E-state index contributed by atoms with van der Waals surface area (Å²) < 4.78 is 189. The number of nitrogens with zero attached hydrogens (tertiary/aromatic N) is 3. The molecule has 0 N–H and O–H groups in total. The highest BCUT2D eigenvalue weighted by Gasteiger charge is 2.89. The average Bonchev–Trinajstić information content (AvgIpc) is 2.81. The Hall–Kier alpha value is -2.70. The first-order valence-electron chi connectivity index (χ1n) is 11.7. The zero-order chi connectivity index (χ0) is 30.7. The van der Waals surface area contributed by atoms with Crippen molar-refractivity contribution in [3.63, 3.8) is 0 Å². The van der Waals surface area contributed by atoms with Crippen LogP contribution in [0.5, 0.6) is 0 Å². The molecule has 6 unspecified atom stereocenters. The molecule has 3 fully saturated rings. The van der Waals surface area contributed by atoms with Crippen LogP contribution in [0.1, 0.15) is 57.8 Å². The predicted octanol–water partition coefficient (Wildman–Crippen LogP) is 6.19. The largest absolute Gasteiger partial charge is 0.335 e. The zero-order valence-electron chi connectivity index (χ0n) is 20.0. The molecule has 0 aliphatic heterocycles. The number of halogens is 12. The highest BCUT2D eigenvalue weighted by Crippen LogP contribution is 2.70. The van der Waals surface area contributed by atoms with Gasteiger partial charge in [0, 0.05) is 19.3 Å². The fraction of sp³-hybridized carbons (Fsp3) is 0.864. The monoisotopic (exact) mass is 601 g/mol. The summed E-state index contributed by atoms with van der Waals surface area (Å²) >= 11 is 0. The Balaban J connectivity index is 2.48. The molecule has 6 atom stereocenters. The highest BCUT2D eigenvalue weighted by atomic mass is 19.3. The molecule has 0 aromatic rings. The maximum atomic E-state index is 16.7. The van der Waals surface area contributed by atoms with Crippen LogP contribution < -0.4 is 0 Å². The summed E-state index contributed by atoms with van der Waals surface area (Å²) in [6, 6.07) is 0. The Morgan fingerprint density at radius 3 is 0.850 bits per heavy atom. The molecular formula is C22H19F12N3O3. The van der Waals surface area contributed by atoms with E-state index in [0.29, 0.717) is 18.2 Å². The van der Waals surface area contributed by atoms with E-state index in [0.717, 1.165) is 0 Å². The van der Waals surface area contributed by atoms with Crippen molar-refractivity contribution >= 4 is 18.2 Å². The lowest BCUT2D eigenvalue weighted by Gasteiger charge is -2.60. The molecular weight excluding hydrogens is 582 g/mol. The van der Waals surface area contributed by atoms with E-state index in [9.17, 15) is 14.4 Å². The van der Waals surface area contributed by atoms with Crippen molar-refractivity contribution in [2.45, 2.75) is 110 Å². The van der Waals surface area contributed by atoms with Gasteiger partial charge in [0.15, 0.2) is 17.0 Å². The van der Waals surface area contributed by atoms with E-state index >= 15 is 52.7 Å². The van der Waals surface area contributed by atoms with Gasteiger partial charge in [-0.15, -0.1) is 0 Å². The summed E-state index contributed by atoms with van der Waals surface area (Å²) in [7, 11) is 0. The number of hydrogen-bond acceptors (Lipinski definition) is 6. The summed E-state index contributed by atoms with van der Waals surface area (Å²) in [5.41, 5.74) is -16.5. The Kier molecular flexibility index (Phi) is 7.49. The van der Waals surface area contributed by atoms with Gasteiger partial charge >= 0.3 is 17.8 Å². The minimum Gasteiger partial charge on any atom is -0.236 e. The summed E-state index contributed by atoms with van der Waals surface area (Å²) in [6.45, 7) is 0. The molecule has 40 heavy (non-hydrogen) atoms. The molecule has 6 nitrogen and oxygen atoms in total. The molecule has 0 heterocycles. The molecule has 0 aromatic carbocycles. The van der Waals surface area contributed by atoms with E-state index in [4.69, 9.17) is 0 Å². The molecule has 224 valence electrons. The lowest BCUT2D eigenvalue weighted by Crippen LogP contribution is -2.79. The normalized spacial score (nSPS) is 44.7. The van der Waals surface area contributed by atoms with E-state index in [1.54, 1.807) is 0 Å². The number of aliphatic imine (C=N–C) groups is 3.